The quantitative estimate of drug-likeness (QED) is 0.813. The Balaban J connectivity index is 2.43. The summed E-state index contributed by atoms with van der Waals surface area (Å²) in [6.45, 7) is 1.75. The number of ether oxygens (including phenoxy) is 2. The maximum absolute atomic E-state index is 12.0. The van der Waals surface area contributed by atoms with Gasteiger partial charge in [0.2, 0.25) is 0 Å². The Morgan fingerprint density at radius 3 is 2.22 bits per heavy atom. The Morgan fingerprint density at radius 1 is 1.09 bits per heavy atom. The Bertz CT molecular complexity index is 758. The van der Waals surface area contributed by atoms with Gasteiger partial charge in [0.05, 0.1) is 26.2 Å². The second-order valence-electron chi connectivity index (χ2n) is 5.06. The highest BCUT2D eigenvalue weighted by Crippen LogP contribution is 2.28. The second kappa shape index (κ2) is 6.95. The van der Waals surface area contributed by atoms with Crippen molar-refractivity contribution in [2.75, 3.05) is 14.2 Å². The van der Waals surface area contributed by atoms with E-state index in [0.29, 0.717) is 16.8 Å². The molecule has 0 aliphatic heterocycles. The number of H-pyrrole nitrogens is 2. The van der Waals surface area contributed by atoms with Crippen molar-refractivity contribution in [3.63, 3.8) is 0 Å². The van der Waals surface area contributed by atoms with Gasteiger partial charge >= 0.3 is 11.9 Å². The van der Waals surface area contributed by atoms with Gasteiger partial charge in [-0.2, -0.15) is 0 Å². The van der Waals surface area contributed by atoms with Crippen molar-refractivity contribution >= 4 is 11.9 Å². The number of aromatic amines is 2. The molecule has 1 aromatic carbocycles. The van der Waals surface area contributed by atoms with Crippen LogP contribution in [0.25, 0.3) is 0 Å². The lowest BCUT2D eigenvalue weighted by Crippen LogP contribution is -2.17. The molecule has 23 heavy (non-hydrogen) atoms. The zero-order valence-electron chi connectivity index (χ0n) is 13.1. The van der Waals surface area contributed by atoms with Gasteiger partial charge in [0.1, 0.15) is 0 Å². The van der Waals surface area contributed by atoms with Crippen LogP contribution in [0.5, 0.6) is 0 Å². The molecule has 122 valence electrons. The number of benzene rings is 1. The molecular formula is C16H18N2O5. The Hall–Kier alpha value is -2.83. The van der Waals surface area contributed by atoms with E-state index < -0.39 is 17.9 Å². The number of carbonyl (C=O) groups is 2. The molecule has 0 radical (unpaired) electrons. The van der Waals surface area contributed by atoms with Crippen LogP contribution in [0, 0.1) is 6.92 Å². The minimum atomic E-state index is -0.468. The minimum absolute atomic E-state index is 0.0237. The van der Waals surface area contributed by atoms with E-state index in [1.54, 1.807) is 31.2 Å². The van der Waals surface area contributed by atoms with E-state index in [-0.39, 0.29) is 12.0 Å². The first-order valence-electron chi connectivity index (χ1n) is 7.00. The van der Waals surface area contributed by atoms with Crippen LogP contribution < -0.4 is 5.56 Å². The van der Waals surface area contributed by atoms with Crippen molar-refractivity contribution in [3.8, 4) is 0 Å². The van der Waals surface area contributed by atoms with Gasteiger partial charge in [-0.05, 0) is 24.6 Å². The third-order valence-electron chi connectivity index (χ3n) is 3.69. The number of carbonyl (C=O) groups excluding carboxylic acids is 2. The van der Waals surface area contributed by atoms with Gasteiger partial charge in [-0.1, -0.05) is 12.1 Å². The van der Waals surface area contributed by atoms with Crippen LogP contribution in [0.15, 0.2) is 29.1 Å². The Morgan fingerprint density at radius 2 is 1.74 bits per heavy atom. The molecule has 2 aromatic rings. The molecule has 0 aliphatic carbocycles. The lowest BCUT2D eigenvalue weighted by atomic mass is 9.88. The molecule has 2 N–H and O–H groups in total. The molecule has 0 amide bonds. The van der Waals surface area contributed by atoms with Crippen LogP contribution >= 0.6 is 0 Å². The predicted molar refractivity (Wildman–Crippen MR) is 82.4 cm³/mol. The standard InChI is InChI=1S/C16H18N2O5/c1-9-14(15(20)18-17-9)12(8-13(19)22-2)10-4-6-11(7-5-10)16(21)23-3/h4-7,12H,8H2,1-3H3,(H2,17,18,20)/t12-/m0/s1. The molecule has 2 rings (SSSR count). The van der Waals surface area contributed by atoms with Crippen LogP contribution in [-0.4, -0.2) is 36.4 Å². The van der Waals surface area contributed by atoms with Crippen molar-refractivity contribution < 1.29 is 19.1 Å². The van der Waals surface area contributed by atoms with E-state index in [4.69, 9.17) is 4.74 Å². The third-order valence-corrected chi connectivity index (χ3v) is 3.69. The summed E-state index contributed by atoms with van der Waals surface area (Å²) in [7, 11) is 2.60. The van der Waals surface area contributed by atoms with Gasteiger partial charge in [0, 0.05) is 17.2 Å². The van der Waals surface area contributed by atoms with E-state index in [2.05, 4.69) is 14.9 Å². The van der Waals surface area contributed by atoms with Crippen molar-refractivity contribution in [1.82, 2.24) is 10.2 Å². The molecule has 0 bridgehead atoms. The Labute approximate surface area is 132 Å². The largest absolute Gasteiger partial charge is 0.469 e. The smallest absolute Gasteiger partial charge is 0.337 e. The van der Waals surface area contributed by atoms with Crippen LogP contribution in [0.1, 0.15) is 39.5 Å². The lowest BCUT2D eigenvalue weighted by molar-refractivity contribution is -0.140. The van der Waals surface area contributed by atoms with Crippen LogP contribution in [-0.2, 0) is 14.3 Å². The number of aryl methyl sites for hydroxylation is 1. The van der Waals surface area contributed by atoms with Gasteiger partial charge in [-0.15, -0.1) is 0 Å². The highest BCUT2D eigenvalue weighted by atomic mass is 16.5. The highest BCUT2D eigenvalue weighted by Gasteiger charge is 2.24. The fraction of sp³-hybridized carbons (Fsp3) is 0.312. The summed E-state index contributed by atoms with van der Waals surface area (Å²) in [6.07, 6.45) is 0.0237. The van der Waals surface area contributed by atoms with E-state index in [9.17, 15) is 14.4 Å². The molecule has 0 unspecified atom stereocenters. The van der Waals surface area contributed by atoms with Crippen LogP contribution in [0.2, 0.25) is 0 Å². The second-order valence-corrected chi connectivity index (χ2v) is 5.06. The molecule has 1 heterocycles. The predicted octanol–water partition coefficient (Wildman–Crippen LogP) is 1.49. The van der Waals surface area contributed by atoms with E-state index in [1.807, 2.05) is 0 Å². The third kappa shape index (κ3) is 3.50. The summed E-state index contributed by atoms with van der Waals surface area (Å²) in [6, 6.07) is 6.60. The van der Waals surface area contributed by atoms with Crippen molar-refractivity contribution in [3.05, 3.63) is 57.0 Å². The monoisotopic (exact) mass is 318 g/mol. The highest BCUT2D eigenvalue weighted by molar-refractivity contribution is 5.89. The van der Waals surface area contributed by atoms with Gasteiger partial charge in [0.15, 0.2) is 0 Å². The number of hydrogen-bond acceptors (Lipinski definition) is 5. The number of methoxy groups -OCH3 is 2. The van der Waals surface area contributed by atoms with E-state index in [1.165, 1.54) is 14.2 Å². The van der Waals surface area contributed by atoms with Gasteiger partial charge in [0.25, 0.3) is 5.56 Å². The molecular weight excluding hydrogens is 300 g/mol. The molecule has 7 nitrogen and oxygen atoms in total. The van der Waals surface area contributed by atoms with Gasteiger partial charge in [-0.3, -0.25) is 14.7 Å². The molecule has 7 heteroatoms. The summed E-state index contributed by atoms with van der Waals surface area (Å²) in [5.74, 6) is -1.34. The summed E-state index contributed by atoms with van der Waals surface area (Å²) in [4.78, 5) is 35.2. The average molecular weight is 318 g/mol. The van der Waals surface area contributed by atoms with Gasteiger partial charge < -0.3 is 14.6 Å². The minimum Gasteiger partial charge on any atom is -0.469 e. The molecule has 0 aliphatic rings. The summed E-state index contributed by atoms with van der Waals surface area (Å²) in [5, 5.41) is 5.26. The fourth-order valence-corrected chi connectivity index (χ4v) is 2.48. The first-order chi connectivity index (χ1) is 11.0. The maximum atomic E-state index is 12.0. The van der Waals surface area contributed by atoms with Crippen LogP contribution in [0.4, 0.5) is 0 Å². The maximum Gasteiger partial charge on any atom is 0.337 e. The average Bonchev–Trinajstić information content (AvgIpc) is 2.90. The van der Waals surface area contributed by atoms with Crippen molar-refractivity contribution in [2.24, 2.45) is 0 Å². The summed E-state index contributed by atoms with van der Waals surface area (Å²) in [5.41, 5.74) is 1.97. The van der Waals surface area contributed by atoms with E-state index >= 15 is 0 Å². The van der Waals surface area contributed by atoms with Crippen LogP contribution in [0.3, 0.4) is 0 Å². The number of esters is 2. The van der Waals surface area contributed by atoms with Crippen molar-refractivity contribution in [2.45, 2.75) is 19.3 Å². The molecule has 0 fully saturated rings. The Kier molecular flexibility index (Phi) is 5.00. The topological polar surface area (TPSA) is 101 Å². The van der Waals surface area contributed by atoms with E-state index in [0.717, 1.165) is 5.56 Å². The van der Waals surface area contributed by atoms with Gasteiger partial charge in [-0.25, -0.2) is 4.79 Å². The number of rotatable bonds is 5. The molecule has 0 saturated carbocycles. The lowest BCUT2D eigenvalue weighted by Gasteiger charge is -2.15. The SMILES string of the molecule is COC(=O)C[C@@H](c1ccc(C(=O)OC)cc1)c1c(C)[nH][nH]c1=O. The normalized spacial score (nSPS) is 11.8. The zero-order valence-corrected chi connectivity index (χ0v) is 13.1. The fourth-order valence-electron chi connectivity index (χ4n) is 2.48. The number of nitrogens with one attached hydrogen (secondary N) is 2. The first kappa shape index (κ1) is 16.5. The van der Waals surface area contributed by atoms with Crippen molar-refractivity contribution in [1.29, 1.82) is 0 Å². The molecule has 1 aromatic heterocycles. The molecule has 1 atom stereocenters. The summed E-state index contributed by atoms with van der Waals surface area (Å²) < 4.78 is 9.38. The summed E-state index contributed by atoms with van der Waals surface area (Å²) >= 11 is 0. The number of hydrogen-bond donors (Lipinski definition) is 2. The number of aromatic nitrogens is 2. The molecule has 0 saturated heterocycles. The molecule has 0 spiro atoms. The first-order valence-corrected chi connectivity index (χ1v) is 7.00. The zero-order chi connectivity index (χ0) is 17.0.